The van der Waals surface area contributed by atoms with Gasteiger partial charge in [0.05, 0.1) is 0 Å². The highest BCUT2D eigenvalue weighted by atomic mass is 32.2. The summed E-state index contributed by atoms with van der Waals surface area (Å²) in [5, 5.41) is 3.54. The molecule has 1 aliphatic rings. The van der Waals surface area contributed by atoms with Gasteiger partial charge in [0.2, 0.25) is 0 Å². The van der Waals surface area contributed by atoms with Crippen LogP contribution in [0.5, 0.6) is 0 Å². The SMILES string of the molecule is CC(CS(C)=O)NC1CCCSC1. The molecule has 3 atom stereocenters. The van der Waals surface area contributed by atoms with Crippen molar-refractivity contribution in [1.29, 1.82) is 0 Å². The Morgan fingerprint density at radius 3 is 3.00 bits per heavy atom. The summed E-state index contributed by atoms with van der Waals surface area (Å²) in [5.41, 5.74) is 0. The van der Waals surface area contributed by atoms with Crippen molar-refractivity contribution in [2.24, 2.45) is 0 Å². The topological polar surface area (TPSA) is 29.1 Å². The highest BCUT2D eigenvalue weighted by Crippen LogP contribution is 2.17. The van der Waals surface area contributed by atoms with Gasteiger partial charge < -0.3 is 5.32 Å². The summed E-state index contributed by atoms with van der Waals surface area (Å²) < 4.78 is 11.0. The smallest absolute Gasteiger partial charge is 0.0383 e. The van der Waals surface area contributed by atoms with Crippen LogP contribution in [-0.2, 0) is 10.8 Å². The van der Waals surface area contributed by atoms with E-state index in [1.807, 2.05) is 11.8 Å². The number of hydrogen-bond donors (Lipinski definition) is 1. The normalized spacial score (nSPS) is 28.3. The third-order valence-corrected chi connectivity index (χ3v) is 4.35. The molecular formula is C9H19NOS2. The third kappa shape index (κ3) is 5.03. The van der Waals surface area contributed by atoms with Gasteiger partial charge in [0.1, 0.15) is 0 Å². The van der Waals surface area contributed by atoms with Crippen LogP contribution in [0.3, 0.4) is 0 Å². The Hall–Kier alpha value is 0.460. The van der Waals surface area contributed by atoms with Crippen molar-refractivity contribution in [3.8, 4) is 0 Å². The van der Waals surface area contributed by atoms with E-state index in [-0.39, 0.29) is 0 Å². The molecule has 0 bridgehead atoms. The molecule has 0 aromatic rings. The van der Waals surface area contributed by atoms with Crippen molar-refractivity contribution >= 4 is 22.6 Å². The fourth-order valence-electron chi connectivity index (χ4n) is 1.67. The van der Waals surface area contributed by atoms with Gasteiger partial charge in [-0.15, -0.1) is 0 Å². The van der Waals surface area contributed by atoms with Crippen molar-refractivity contribution in [1.82, 2.24) is 5.32 Å². The zero-order chi connectivity index (χ0) is 9.68. The van der Waals surface area contributed by atoms with Crippen LogP contribution >= 0.6 is 11.8 Å². The van der Waals surface area contributed by atoms with Crippen molar-refractivity contribution in [3.63, 3.8) is 0 Å². The summed E-state index contributed by atoms with van der Waals surface area (Å²) in [6.07, 6.45) is 4.38. The lowest BCUT2D eigenvalue weighted by Gasteiger charge is -2.25. The molecule has 1 rings (SSSR count). The van der Waals surface area contributed by atoms with Crippen LogP contribution in [0.4, 0.5) is 0 Å². The molecule has 0 aliphatic carbocycles. The second-order valence-corrected chi connectivity index (χ2v) is 6.35. The lowest BCUT2D eigenvalue weighted by molar-refractivity contribution is 0.463. The molecule has 1 N–H and O–H groups in total. The minimum absolute atomic E-state index is 0.398. The van der Waals surface area contributed by atoms with Crippen molar-refractivity contribution in [2.45, 2.75) is 31.8 Å². The van der Waals surface area contributed by atoms with Gasteiger partial charge in [0.25, 0.3) is 0 Å². The number of thioether (sulfide) groups is 1. The zero-order valence-electron chi connectivity index (χ0n) is 8.41. The summed E-state index contributed by atoms with van der Waals surface area (Å²) in [7, 11) is -0.669. The summed E-state index contributed by atoms with van der Waals surface area (Å²) in [6, 6.07) is 1.05. The summed E-state index contributed by atoms with van der Waals surface area (Å²) in [4.78, 5) is 0. The van der Waals surface area contributed by atoms with E-state index in [2.05, 4.69) is 12.2 Å². The molecule has 78 valence electrons. The maximum atomic E-state index is 11.0. The van der Waals surface area contributed by atoms with E-state index in [0.717, 1.165) is 5.75 Å². The zero-order valence-corrected chi connectivity index (χ0v) is 10.0. The molecule has 1 saturated heterocycles. The first-order chi connectivity index (χ1) is 6.18. The van der Waals surface area contributed by atoms with Gasteiger partial charge in [-0.3, -0.25) is 4.21 Å². The van der Waals surface area contributed by atoms with Gasteiger partial charge >= 0.3 is 0 Å². The fraction of sp³-hybridized carbons (Fsp3) is 1.00. The second-order valence-electron chi connectivity index (χ2n) is 3.72. The van der Waals surface area contributed by atoms with Crippen molar-refractivity contribution in [3.05, 3.63) is 0 Å². The maximum absolute atomic E-state index is 11.0. The average molecular weight is 221 g/mol. The largest absolute Gasteiger partial charge is 0.310 e. The number of nitrogens with one attached hydrogen (secondary N) is 1. The van der Waals surface area contributed by atoms with Gasteiger partial charge in [0.15, 0.2) is 0 Å². The highest BCUT2D eigenvalue weighted by Gasteiger charge is 2.15. The molecule has 4 heteroatoms. The lowest BCUT2D eigenvalue weighted by atomic mass is 10.1. The fourth-order valence-corrected chi connectivity index (χ4v) is 3.56. The van der Waals surface area contributed by atoms with Crippen LogP contribution in [0.25, 0.3) is 0 Å². The molecule has 0 spiro atoms. The third-order valence-electron chi connectivity index (χ3n) is 2.17. The molecule has 0 saturated carbocycles. The molecule has 0 aromatic carbocycles. The van der Waals surface area contributed by atoms with Gasteiger partial charge in [-0.1, -0.05) is 0 Å². The molecule has 0 radical (unpaired) electrons. The quantitative estimate of drug-likeness (QED) is 0.774. The molecule has 1 fully saturated rings. The Kier molecular flexibility index (Phi) is 5.36. The van der Waals surface area contributed by atoms with E-state index in [1.54, 1.807) is 6.26 Å². The number of hydrogen-bond acceptors (Lipinski definition) is 3. The lowest BCUT2D eigenvalue weighted by Crippen LogP contribution is -2.42. The minimum Gasteiger partial charge on any atom is -0.310 e. The molecular weight excluding hydrogens is 202 g/mol. The second kappa shape index (κ2) is 6.04. The minimum atomic E-state index is -0.669. The monoisotopic (exact) mass is 221 g/mol. The Morgan fingerprint density at radius 2 is 2.46 bits per heavy atom. The predicted octanol–water partition coefficient (Wildman–Crippen LogP) is 1.24. The Labute approximate surface area is 87.7 Å². The average Bonchev–Trinajstić information content (AvgIpc) is 2.04. The van der Waals surface area contributed by atoms with E-state index in [9.17, 15) is 4.21 Å². The Bertz CT molecular complexity index is 169. The van der Waals surface area contributed by atoms with E-state index in [1.165, 1.54) is 24.3 Å². The van der Waals surface area contributed by atoms with Crippen LogP contribution < -0.4 is 5.32 Å². The van der Waals surface area contributed by atoms with Crippen LogP contribution in [0, 0.1) is 0 Å². The first-order valence-corrected chi connectivity index (χ1v) is 7.70. The van der Waals surface area contributed by atoms with Crippen LogP contribution in [0.2, 0.25) is 0 Å². The van der Waals surface area contributed by atoms with Gasteiger partial charge in [-0.2, -0.15) is 11.8 Å². The van der Waals surface area contributed by atoms with Gasteiger partial charge in [0, 0.05) is 40.6 Å². The standard InChI is InChI=1S/C9H19NOS2/c1-8(7-13(2)11)10-9-4-3-5-12-6-9/h8-10H,3-7H2,1-2H3. The first kappa shape index (κ1) is 11.5. The van der Waals surface area contributed by atoms with Crippen molar-refractivity contribution < 1.29 is 4.21 Å². The summed E-state index contributed by atoms with van der Waals surface area (Å²) in [5.74, 6) is 3.31. The van der Waals surface area contributed by atoms with Crippen molar-refractivity contribution in [2.75, 3.05) is 23.5 Å². The Morgan fingerprint density at radius 1 is 1.69 bits per heavy atom. The van der Waals surface area contributed by atoms with Crippen LogP contribution in [0.1, 0.15) is 19.8 Å². The van der Waals surface area contributed by atoms with E-state index >= 15 is 0 Å². The van der Waals surface area contributed by atoms with Crippen LogP contribution in [-0.4, -0.2) is 39.8 Å². The van der Waals surface area contributed by atoms with Crippen LogP contribution in [0.15, 0.2) is 0 Å². The Balaban J connectivity index is 2.18. The molecule has 13 heavy (non-hydrogen) atoms. The molecule has 1 heterocycles. The van der Waals surface area contributed by atoms with E-state index < -0.39 is 10.8 Å². The highest BCUT2D eigenvalue weighted by molar-refractivity contribution is 7.99. The van der Waals surface area contributed by atoms with E-state index in [4.69, 9.17) is 0 Å². The molecule has 0 aromatic heterocycles. The summed E-state index contributed by atoms with van der Waals surface area (Å²) in [6.45, 7) is 2.13. The van der Waals surface area contributed by atoms with Gasteiger partial charge in [-0.25, -0.2) is 0 Å². The molecule has 2 nitrogen and oxygen atoms in total. The summed E-state index contributed by atoms with van der Waals surface area (Å²) >= 11 is 2.03. The maximum Gasteiger partial charge on any atom is 0.0383 e. The molecule has 1 aliphatic heterocycles. The predicted molar refractivity (Wildman–Crippen MR) is 61.9 cm³/mol. The van der Waals surface area contributed by atoms with Gasteiger partial charge in [-0.05, 0) is 25.5 Å². The molecule has 0 amide bonds. The van der Waals surface area contributed by atoms with E-state index in [0.29, 0.717) is 12.1 Å². The molecule has 3 unspecified atom stereocenters. The number of rotatable bonds is 4. The first-order valence-electron chi connectivity index (χ1n) is 4.82.